The van der Waals surface area contributed by atoms with Crippen LogP contribution in [0.5, 0.6) is 5.75 Å². The monoisotopic (exact) mass is 400 g/mol. The van der Waals surface area contributed by atoms with Crippen molar-refractivity contribution in [2.24, 2.45) is 0 Å². The highest BCUT2D eigenvalue weighted by Crippen LogP contribution is 2.28. The quantitative estimate of drug-likeness (QED) is 0.376. The number of carbonyl (C=O) groups excluding carboxylic acids is 2. The van der Waals surface area contributed by atoms with Crippen LogP contribution in [-0.2, 0) is 9.59 Å². The smallest absolute Gasteiger partial charge is 0.262 e. The average molecular weight is 400 g/mol. The van der Waals surface area contributed by atoms with E-state index in [-0.39, 0.29) is 5.75 Å². The van der Waals surface area contributed by atoms with Crippen molar-refractivity contribution in [2.75, 3.05) is 12.9 Å². The number of hydrogen-bond donors (Lipinski definition) is 2. The number of hydrazine groups is 1. The number of para-hydroxylation sites is 1. The molecule has 3 rings (SSSR count). The third-order valence-corrected chi connectivity index (χ3v) is 4.72. The maximum Gasteiger partial charge on any atom is 0.262 e. The average Bonchev–Trinajstić information content (AvgIpc) is 3.13. The van der Waals surface area contributed by atoms with Crippen LogP contribution >= 0.6 is 11.8 Å². The van der Waals surface area contributed by atoms with Gasteiger partial charge < -0.3 is 9.15 Å². The van der Waals surface area contributed by atoms with Crippen LogP contribution in [0.3, 0.4) is 0 Å². The van der Waals surface area contributed by atoms with Crippen molar-refractivity contribution in [3.63, 3.8) is 0 Å². The van der Waals surface area contributed by atoms with E-state index in [4.69, 9.17) is 9.15 Å². The van der Waals surface area contributed by atoms with Gasteiger partial charge in [-0.3, -0.25) is 20.4 Å². The van der Waals surface area contributed by atoms with Gasteiger partial charge in [-0.1, -0.05) is 24.3 Å². The third-order valence-electron chi connectivity index (χ3n) is 3.67. The summed E-state index contributed by atoms with van der Waals surface area (Å²) in [5.74, 6) is -0.346. The molecule has 0 bridgehead atoms. The molecule has 3 aromatic rings. The molecule has 0 aliphatic rings. The third kappa shape index (κ3) is 4.92. The van der Waals surface area contributed by atoms with Crippen LogP contribution in [0.1, 0.15) is 5.76 Å². The highest BCUT2D eigenvalue weighted by atomic mass is 32.2. The van der Waals surface area contributed by atoms with Gasteiger partial charge in [-0.2, -0.15) is 0 Å². The lowest BCUT2D eigenvalue weighted by atomic mass is 10.2. The number of fused-ring (bicyclic) bond motifs is 1. The standard InChI is InChI=1S/C20H17FN2O4S/c1-26-16-7-4-5-13-11-14(27-20(13)16)9-10-18(24)22-23-19(25)12-28-17-8-3-2-6-15(17)21/h2-11H,12H2,1H3,(H,22,24)(H,23,25). The molecule has 0 unspecified atom stereocenters. The molecule has 144 valence electrons. The first kappa shape index (κ1) is 19.5. The molecule has 0 saturated carbocycles. The lowest BCUT2D eigenvalue weighted by molar-refractivity contribution is -0.125. The Bertz CT molecular complexity index is 1030. The number of thioether (sulfide) groups is 1. The van der Waals surface area contributed by atoms with Gasteiger partial charge in [0.1, 0.15) is 11.6 Å². The predicted molar refractivity (Wildman–Crippen MR) is 105 cm³/mol. The fraction of sp³-hybridized carbons (Fsp3) is 0.100. The van der Waals surface area contributed by atoms with Crippen LogP contribution < -0.4 is 15.6 Å². The molecular weight excluding hydrogens is 383 g/mol. The molecule has 2 aromatic carbocycles. The van der Waals surface area contributed by atoms with Crippen LogP contribution in [0.15, 0.2) is 63.9 Å². The van der Waals surface area contributed by atoms with Crippen LogP contribution in [0.2, 0.25) is 0 Å². The van der Waals surface area contributed by atoms with Crippen molar-refractivity contribution in [2.45, 2.75) is 4.90 Å². The van der Waals surface area contributed by atoms with E-state index in [2.05, 4.69) is 10.9 Å². The van der Waals surface area contributed by atoms with Gasteiger partial charge in [-0.15, -0.1) is 11.8 Å². The van der Waals surface area contributed by atoms with Gasteiger partial charge in [0.25, 0.3) is 5.91 Å². The maximum atomic E-state index is 13.5. The first-order valence-corrected chi connectivity index (χ1v) is 9.26. The SMILES string of the molecule is COc1cccc2cc(C=CC(=O)NNC(=O)CSc3ccccc3F)oc12. The van der Waals surface area contributed by atoms with Gasteiger partial charge in [-0.25, -0.2) is 4.39 Å². The second-order valence-electron chi connectivity index (χ2n) is 5.62. The maximum absolute atomic E-state index is 13.5. The Morgan fingerprint density at radius 2 is 2.00 bits per heavy atom. The van der Waals surface area contributed by atoms with Gasteiger partial charge in [-0.05, 0) is 30.3 Å². The molecule has 6 nitrogen and oxygen atoms in total. The lowest BCUT2D eigenvalue weighted by Gasteiger charge is -2.05. The summed E-state index contributed by atoms with van der Waals surface area (Å²) >= 11 is 1.04. The van der Waals surface area contributed by atoms with E-state index in [0.717, 1.165) is 17.1 Å². The van der Waals surface area contributed by atoms with Crippen LogP contribution in [0, 0.1) is 5.82 Å². The number of amides is 2. The Labute approximate surface area is 164 Å². The van der Waals surface area contributed by atoms with E-state index in [1.165, 1.54) is 18.2 Å². The van der Waals surface area contributed by atoms with Gasteiger partial charge in [0.05, 0.1) is 12.9 Å². The highest BCUT2D eigenvalue weighted by Gasteiger charge is 2.08. The predicted octanol–water partition coefficient (Wildman–Crippen LogP) is 3.53. The minimum absolute atomic E-state index is 0.0334. The fourth-order valence-electron chi connectivity index (χ4n) is 2.37. The van der Waals surface area contributed by atoms with Gasteiger partial charge >= 0.3 is 0 Å². The first-order valence-electron chi connectivity index (χ1n) is 8.27. The van der Waals surface area contributed by atoms with Crippen LogP contribution in [0.25, 0.3) is 17.0 Å². The summed E-state index contributed by atoms with van der Waals surface area (Å²) < 4.78 is 24.4. The molecule has 28 heavy (non-hydrogen) atoms. The second-order valence-corrected chi connectivity index (χ2v) is 6.63. The molecule has 0 radical (unpaired) electrons. The normalized spacial score (nSPS) is 10.9. The molecule has 0 fully saturated rings. The summed E-state index contributed by atoms with van der Waals surface area (Å²) in [7, 11) is 1.55. The summed E-state index contributed by atoms with van der Waals surface area (Å²) in [6.07, 6.45) is 2.71. The molecule has 0 aliphatic carbocycles. The number of ether oxygens (including phenoxy) is 1. The topological polar surface area (TPSA) is 80.6 Å². The highest BCUT2D eigenvalue weighted by molar-refractivity contribution is 8.00. The number of furan rings is 1. The number of methoxy groups -OCH3 is 1. The van der Waals surface area contributed by atoms with E-state index >= 15 is 0 Å². The number of hydrogen-bond acceptors (Lipinski definition) is 5. The summed E-state index contributed by atoms with van der Waals surface area (Å²) in [6, 6.07) is 13.4. The van der Waals surface area contributed by atoms with E-state index in [1.54, 1.807) is 37.4 Å². The Morgan fingerprint density at radius 1 is 1.18 bits per heavy atom. The molecule has 1 heterocycles. The van der Waals surface area contributed by atoms with Gasteiger partial charge in [0.15, 0.2) is 11.3 Å². The molecule has 0 aliphatic heterocycles. The van der Waals surface area contributed by atoms with Crippen molar-refractivity contribution in [1.82, 2.24) is 10.9 Å². The minimum atomic E-state index is -0.531. The molecule has 2 N–H and O–H groups in total. The summed E-state index contributed by atoms with van der Waals surface area (Å²) in [5.41, 5.74) is 5.12. The Hall–Kier alpha value is -3.26. The molecule has 0 atom stereocenters. The second kappa shape index (κ2) is 9.09. The molecule has 0 saturated heterocycles. The zero-order valence-corrected chi connectivity index (χ0v) is 15.7. The number of carbonyl (C=O) groups is 2. The Morgan fingerprint density at radius 3 is 2.79 bits per heavy atom. The lowest BCUT2D eigenvalue weighted by Crippen LogP contribution is -2.41. The van der Waals surface area contributed by atoms with E-state index in [9.17, 15) is 14.0 Å². The van der Waals surface area contributed by atoms with Crippen molar-refractivity contribution in [3.05, 3.63) is 66.2 Å². The summed E-state index contributed by atoms with van der Waals surface area (Å²) in [5, 5.41) is 0.845. The summed E-state index contributed by atoms with van der Waals surface area (Å²) in [6.45, 7) is 0. The van der Waals surface area contributed by atoms with Crippen molar-refractivity contribution in [1.29, 1.82) is 0 Å². The molecule has 8 heteroatoms. The van der Waals surface area contributed by atoms with Crippen molar-refractivity contribution < 1.29 is 23.1 Å². The van der Waals surface area contributed by atoms with E-state index in [1.807, 2.05) is 12.1 Å². The first-order chi connectivity index (χ1) is 13.6. The molecule has 2 amide bonds. The minimum Gasteiger partial charge on any atom is -0.493 e. The largest absolute Gasteiger partial charge is 0.493 e. The molecule has 1 aromatic heterocycles. The van der Waals surface area contributed by atoms with E-state index in [0.29, 0.717) is 22.0 Å². The number of rotatable bonds is 6. The molecular formula is C20H17FN2O4S. The fourth-order valence-corrected chi connectivity index (χ4v) is 3.11. The Kier molecular flexibility index (Phi) is 6.33. The zero-order chi connectivity index (χ0) is 19.9. The van der Waals surface area contributed by atoms with Crippen molar-refractivity contribution >= 4 is 40.6 Å². The zero-order valence-electron chi connectivity index (χ0n) is 14.9. The van der Waals surface area contributed by atoms with Crippen molar-refractivity contribution in [3.8, 4) is 5.75 Å². The Balaban J connectivity index is 1.50. The number of benzene rings is 2. The number of halogens is 1. The van der Waals surface area contributed by atoms with Gasteiger partial charge in [0.2, 0.25) is 5.91 Å². The molecule has 0 spiro atoms. The van der Waals surface area contributed by atoms with Crippen LogP contribution in [0.4, 0.5) is 4.39 Å². The van der Waals surface area contributed by atoms with Crippen LogP contribution in [-0.4, -0.2) is 24.7 Å². The van der Waals surface area contributed by atoms with Gasteiger partial charge in [0, 0.05) is 16.4 Å². The summed E-state index contributed by atoms with van der Waals surface area (Å²) in [4.78, 5) is 24.0. The number of nitrogens with one attached hydrogen (secondary N) is 2. The van der Waals surface area contributed by atoms with E-state index < -0.39 is 17.6 Å².